The van der Waals surface area contributed by atoms with Crippen LogP contribution in [0.2, 0.25) is 0 Å². The number of carbonyl (C=O) groups is 1. The predicted molar refractivity (Wildman–Crippen MR) is 47.0 cm³/mol. The van der Waals surface area contributed by atoms with E-state index in [-0.39, 0.29) is 13.2 Å². The fraction of sp³-hybridized carbons (Fsp3) is 0.889. The van der Waals surface area contributed by atoms with Crippen LogP contribution < -0.4 is 0 Å². The van der Waals surface area contributed by atoms with Gasteiger partial charge in [-0.05, 0) is 6.92 Å². The topological polar surface area (TPSA) is 46.5 Å². The zero-order valence-corrected chi connectivity index (χ0v) is 8.89. The summed E-state index contributed by atoms with van der Waals surface area (Å²) in [6, 6.07) is 0. The Balaban J connectivity index is 4.17. The van der Waals surface area contributed by atoms with Crippen LogP contribution in [-0.2, 0) is 9.53 Å². The number of hydrogen-bond acceptors (Lipinski definition) is 3. The molecule has 0 aromatic rings. The van der Waals surface area contributed by atoms with Gasteiger partial charge in [0.15, 0.2) is 0 Å². The van der Waals surface area contributed by atoms with Crippen molar-refractivity contribution in [2.45, 2.75) is 26.9 Å². The third-order valence-corrected chi connectivity index (χ3v) is 1.88. The maximum Gasteiger partial charge on any atom is 0.401 e. The maximum atomic E-state index is 12.1. The molecule has 1 N–H and O–H groups in total. The lowest BCUT2D eigenvalue weighted by atomic mass is 9.96. The summed E-state index contributed by atoms with van der Waals surface area (Å²) in [5.41, 5.74) is -0.721. The largest absolute Gasteiger partial charge is 0.465 e. The first kappa shape index (κ1) is 14.2. The number of alkyl halides is 3. The van der Waals surface area contributed by atoms with Gasteiger partial charge in [-0.2, -0.15) is 13.2 Å². The second-order valence-corrected chi connectivity index (χ2v) is 4.19. The molecule has 0 fully saturated rings. The SMILES string of the molecule is CC(C(=O)OCC(C)(C)CO)C(F)(F)F. The minimum Gasteiger partial charge on any atom is -0.465 e. The van der Waals surface area contributed by atoms with Crippen LogP contribution in [0.25, 0.3) is 0 Å². The van der Waals surface area contributed by atoms with Crippen LogP contribution in [-0.4, -0.2) is 30.5 Å². The zero-order valence-electron chi connectivity index (χ0n) is 8.89. The zero-order chi connectivity index (χ0) is 12.3. The molecule has 0 aliphatic heterocycles. The summed E-state index contributed by atoms with van der Waals surface area (Å²) in [5.74, 6) is -3.45. The van der Waals surface area contributed by atoms with Crippen molar-refractivity contribution in [2.75, 3.05) is 13.2 Å². The first-order chi connectivity index (χ1) is 6.60. The third kappa shape index (κ3) is 5.01. The van der Waals surface area contributed by atoms with E-state index >= 15 is 0 Å². The average Bonchev–Trinajstić information content (AvgIpc) is 2.11. The molecule has 90 valence electrons. The summed E-state index contributed by atoms with van der Waals surface area (Å²) >= 11 is 0. The number of rotatable bonds is 4. The van der Waals surface area contributed by atoms with Gasteiger partial charge in [-0.25, -0.2) is 0 Å². The molecular weight excluding hydrogens is 213 g/mol. The summed E-state index contributed by atoms with van der Waals surface area (Å²) in [7, 11) is 0. The van der Waals surface area contributed by atoms with Gasteiger partial charge in [0.05, 0.1) is 13.2 Å². The van der Waals surface area contributed by atoms with Crippen LogP contribution in [0.3, 0.4) is 0 Å². The van der Waals surface area contributed by atoms with E-state index in [4.69, 9.17) is 5.11 Å². The van der Waals surface area contributed by atoms with E-state index in [0.717, 1.165) is 6.92 Å². The summed E-state index contributed by atoms with van der Waals surface area (Å²) < 4.78 is 40.6. The summed E-state index contributed by atoms with van der Waals surface area (Å²) in [4.78, 5) is 10.9. The Bertz CT molecular complexity index is 223. The molecule has 0 rings (SSSR count). The molecule has 15 heavy (non-hydrogen) atoms. The van der Waals surface area contributed by atoms with E-state index in [2.05, 4.69) is 4.74 Å². The van der Waals surface area contributed by atoms with E-state index in [9.17, 15) is 18.0 Å². The summed E-state index contributed by atoms with van der Waals surface area (Å²) in [6.07, 6.45) is -4.58. The van der Waals surface area contributed by atoms with Gasteiger partial charge in [0.25, 0.3) is 0 Å². The van der Waals surface area contributed by atoms with Crippen molar-refractivity contribution in [2.24, 2.45) is 11.3 Å². The molecule has 0 saturated heterocycles. The molecule has 0 spiro atoms. The Labute approximate surface area is 86.2 Å². The Morgan fingerprint density at radius 3 is 2.20 bits per heavy atom. The van der Waals surface area contributed by atoms with E-state index in [0.29, 0.717) is 0 Å². The number of carbonyl (C=O) groups excluding carboxylic acids is 1. The highest BCUT2D eigenvalue weighted by Gasteiger charge is 2.42. The van der Waals surface area contributed by atoms with Gasteiger partial charge < -0.3 is 9.84 Å². The molecule has 0 bridgehead atoms. The van der Waals surface area contributed by atoms with Gasteiger partial charge >= 0.3 is 12.1 Å². The van der Waals surface area contributed by atoms with Crippen LogP contribution in [0.4, 0.5) is 13.2 Å². The van der Waals surface area contributed by atoms with Crippen molar-refractivity contribution in [3.8, 4) is 0 Å². The third-order valence-electron chi connectivity index (χ3n) is 1.88. The lowest BCUT2D eigenvalue weighted by Crippen LogP contribution is -2.33. The minimum atomic E-state index is -4.58. The highest BCUT2D eigenvalue weighted by Crippen LogP contribution is 2.27. The monoisotopic (exact) mass is 228 g/mol. The van der Waals surface area contributed by atoms with Crippen molar-refractivity contribution in [3.05, 3.63) is 0 Å². The van der Waals surface area contributed by atoms with Gasteiger partial charge in [0.1, 0.15) is 5.92 Å². The second kappa shape index (κ2) is 4.83. The van der Waals surface area contributed by atoms with Gasteiger partial charge in [0.2, 0.25) is 0 Å². The number of aliphatic hydroxyl groups is 1. The van der Waals surface area contributed by atoms with Gasteiger partial charge in [0, 0.05) is 5.41 Å². The average molecular weight is 228 g/mol. The number of hydrogen-bond donors (Lipinski definition) is 1. The summed E-state index contributed by atoms with van der Waals surface area (Å²) in [5, 5.41) is 8.79. The van der Waals surface area contributed by atoms with Crippen molar-refractivity contribution in [1.29, 1.82) is 0 Å². The molecule has 0 saturated carbocycles. The molecule has 0 aromatic carbocycles. The highest BCUT2D eigenvalue weighted by atomic mass is 19.4. The fourth-order valence-electron chi connectivity index (χ4n) is 0.571. The molecule has 3 nitrogen and oxygen atoms in total. The normalized spacial score (nSPS) is 14.9. The quantitative estimate of drug-likeness (QED) is 0.745. The van der Waals surface area contributed by atoms with E-state index in [1.165, 1.54) is 0 Å². The molecule has 0 aliphatic rings. The first-order valence-electron chi connectivity index (χ1n) is 4.44. The summed E-state index contributed by atoms with van der Waals surface area (Å²) in [6.45, 7) is 3.41. The molecular formula is C9H15F3O3. The van der Waals surface area contributed by atoms with Gasteiger partial charge in [-0.3, -0.25) is 4.79 Å². The number of ether oxygens (including phenoxy) is 1. The molecule has 1 atom stereocenters. The maximum absolute atomic E-state index is 12.1. The van der Waals surface area contributed by atoms with E-state index < -0.39 is 23.5 Å². The number of esters is 1. The second-order valence-electron chi connectivity index (χ2n) is 4.19. The predicted octanol–water partition coefficient (Wildman–Crippen LogP) is 1.75. The van der Waals surface area contributed by atoms with Crippen molar-refractivity contribution in [3.63, 3.8) is 0 Å². The molecule has 1 unspecified atom stereocenters. The van der Waals surface area contributed by atoms with Crippen LogP contribution in [0.15, 0.2) is 0 Å². The van der Waals surface area contributed by atoms with Crippen molar-refractivity contribution < 1.29 is 27.8 Å². The Morgan fingerprint density at radius 2 is 1.87 bits per heavy atom. The van der Waals surface area contributed by atoms with Crippen LogP contribution in [0, 0.1) is 11.3 Å². The van der Waals surface area contributed by atoms with Gasteiger partial charge in [-0.1, -0.05) is 13.8 Å². The van der Waals surface area contributed by atoms with E-state index in [1.54, 1.807) is 13.8 Å². The van der Waals surface area contributed by atoms with Crippen molar-refractivity contribution in [1.82, 2.24) is 0 Å². The molecule has 0 radical (unpaired) electrons. The number of aliphatic hydroxyl groups excluding tert-OH is 1. The smallest absolute Gasteiger partial charge is 0.401 e. The Hall–Kier alpha value is -0.780. The Kier molecular flexibility index (Phi) is 4.58. The van der Waals surface area contributed by atoms with Crippen LogP contribution >= 0.6 is 0 Å². The fourth-order valence-corrected chi connectivity index (χ4v) is 0.571. The van der Waals surface area contributed by atoms with E-state index in [1.807, 2.05) is 0 Å². The van der Waals surface area contributed by atoms with Crippen LogP contribution in [0.1, 0.15) is 20.8 Å². The highest BCUT2D eigenvalue weighted by molar-refractivity contribution is 5.72. The molecule has 0 amide bonds. The standard InChI is InChI=1S/C9H15F3O3/c1-6(9(10,11)12)7(14)15-5-8(2,3)4-13/h6,13H,4-5H2,1-3H3. The molecule has 0 heterocycles. The van der Waals surface area contributed by atoms with Crippen molar-refractivity contribution >= 4 is 5.97 Å². The Morgan fingerprint density at radius 1 is 1.40 bits per heavy atom. The van der Waals surface area contributed by atoms with Crippen LogP contribution in [0.5, 0.6) is 0 Å². The first-order valence-corrected chi connectivity index (χ1v) is 4.44. The lowest BCUT2D eigenvalue weighted by molar-refractivity contribution is -0.196. The molecule has 6 heteroatoms. The van der Waals surface area contributed by atoms with Gasteiger partial charge in [-0.15, -0.1) is 0 Å². The molecule has 0 aliphatic carbocycles. The lowest BCUT2D eigenvalue weighted by Gasteiger charge is -2.22. The minimum absolute atomic E-state index is 0.233. The number of halogens is 3. The molecule has 0 aromatic heterocycles.